The summed E-state index contributed by atoms with van der Waals surface area (Å²) in [4.78, 5) is 12.1. The second kappa shape index (κ2) is 5.65. The van der Waals surface area contributed by atoms with E-state index in [-0.39, 0.29) is 11.5 Å². The Kier molecular flexibility index (Phi) is 3.95. The number of alkyl halides is 2. The number of nitrogens with zero attached hydrogens (tertiary/aromatic N) is 2. The van der Waals surface area contributed by atoms with Gasteiger partial charge in [-0.1, -0.05) is 11.8 Å². The first kappa shape index (κ1) is 13.3. The van der Waals surface area contributed by atoms with Crippen molar-refractivity contribution < 1.29 is 18.2 Å². The first-order valence-electron chi connectivity index (χ1n) is 5.00. The third kappa shape index (κ3) is 3.41. The summed E-state index contributed by atoms with van der Waals surface area (Å²) in [7, 11) is 0. The molecule has 0 bridgehead atoms. The van der Waals surface area contributed by atoms with Crippen molar-refractivity contribution in [1.82, 2.24) is 10.3 Å². The topological polar surface area (TPSA) is 94.0 Å². The van der Waals surface area contributed by atoms with Crippen molar-refractivity contribution in [2.24, 2.45) is 0 Å². The molecule has 0 radical (unpaired) electrons. The number of halogens is 2. The van der Waals surface area contributed by atoms with Crippen molar-refractivity contribution in [3.05, 3.63) is 30.0 Å². The number of hydrogen-bond acceptors (Lipinski definition) is 6. The molecule has 19 heavy (non-hydrogen) atoms. The molecule has 0 aliphatic heterocycles. The largest absolute Gasteiger partial charge is 0.379 e. The van der Waals surface area contributed by atoms with Gasteiger partial charge in [0.15, 0.2) is 0 Å². The van der Waals surface area contributed by atoms with Crippen LogP contribution in [0.15, 0.2) is 33.8 Å². The summed E-state index contributed by atoms with van der Waals surface area (Å²) >= 11 is 0.423. The number of thioether (sulfide) groups is 1. The van der Waals surface area contributed by atoms with E-state index >= 15 is 0 Å². The molecular formula is C10H8F2N4O2S. The van der Waals surface area contributed by atoms with E-state index in [4.69, 9.17) is 5.73 Å². The zero-order valence-corrected chi connectivity index (χ0v) is 10.2. The Balaban J connectivity index is 2.04. The van der Waals surface area contributed by atoms with Gasteiger partial charge in [0.2, 0.25) is 11.5 Å². The molecule has 2 rings (SSSR count). The molecule has 0 spiro atoms. The number of hydrogen-bond donors (Lipinski definition) is 2. The van der Waals surface area contributed by atoms with Crippen LogP contribution in [0.5, 0.6) is 0 Å². The Labute approximate surface area is 110 Å². The van der Waals surface area contributed by atoms with Gasteiger partial charge in [0.05, 0.1) is 0 Å². The Bertz CT molecular complexity index is 573. The molecule has 6 nitrogen and oxygen atoms in total. The first-order chi connectivity index (χ1) is 9.06. The molecule has 0 saturated carbocycles. The predicted octanol–water partition coefficient (Wildman–Crippen LogP) is 2.22. The van der Waals surface area contributed by atoms with E-state index in [2.05, 4.69) is 20.3 Å². The molecule has 0 aliphatic carbocycles. The molecule has 0 fully saturated rings. The number of amides is 1. The fourth-order valence-electron chi connectivity index (χ4n) is 1.26. The normalized spacial score (nSPS) is 10.7. The van der Waals surface area contributed by atoms with Crippen molar-refractivity contribution in [2.75, 3.05) is 11.1 Å². The smallest absolute Gasteiger partial charge is 0.288 e. The highest BCUT2D eigenvalue weighted by Gasteiger charge is 2.16. The average Bonchev–Trinajstić information content (AvgIpc) is 2.77. The molecule has 100 valence electrons. The van der Waals surface area contributed by atoms with Crippen LogP contribution >= 0.6 is 11.8 Å². The van der Waals surface area contributed by atoms with Crippen molar-refractivity contribution in [3.8, 4) is 0 Å². The van der Waals surface area contributed by atoms with Crippen molar-refractivity contribution >= 4 is 29.2 Å². The number of carbonyl (C=O) groups excluding carboxylic acids is 1. The summed E-state index contributed by atoms with van der Waals surface area (Å²) in [6, 6.07) is 5.92. The van der Waals surface area contributed by atoms with Gasteiger partial charge in [-0.15, -0.1) is 0 Å². The maximum atomic E-state index is 12.1. The van der Waals surface area contributed by atoms with Crippen LogP contribution in [0.4, 0.5) is 20.3 Å². The maximum Gasteiger partial charge on any atom is 0.288 e. The zero-order valence-electron chi connectivity index (χ0n) is 9.34. The molecular weight excluding hydrogens is 278 g/mol. The summed E-state index contributed by atoms with van der Waals surface area (Å²) in [5.74, 6) is -3.20. The summed E-state index contributed by atoms with van der Waals surface area (Å²) in [6.07, 6.45) is 0. The van der Waals surface area contributed by atoms with Crippen LogP contribution in [0.1, 0.15) is 10.5 Å². The molecule has 1 aromatic carbocycles. The minimum atomic E-state index is -2.48. The zero-order chi connectivity index (χ0) is 13.8. The molecule has 1 heterocycles. The Morgan fingerprint density at radius 1 is 1.32 bits per heavy atom. The molecule has 1 aromatic heterocycles. The van der Waals surface area contributed by atoms with E-state index in [1.54, 1.807) is 0 Å². The number of rotatable bonds is 4. The summed E-state index contributed by atoms with van der Waals surface area (Å²) in [5.41, 5.74) is 5.65. The van der Waals surface area contributed by atoms with Crippen molar-refractivity contribution in [1.29, 1.82) is 0 Å². The van der Waals surface area contributed by atoms with Gasteiger partial charge < -0.3 is 11.1 Å². The molecule has 0 unspecified atom stereocenters. The molecule has 2 aromatic rings. The van der Waals surface area contributed by atoms with E-state index in [0.717, 1.165) is 0 Å². The fourth-order valence-corrected chi connectivity index (χ4v) is 1.76. The number of aromatic nitrogens is 2. The van der Waals surface area contributed by atoms with Crippen LogP contribution in [-0.4, -0.2) is 22.0 Å². The van der Waals surface area contributed by atoms with E-state index in [0.29, 0.717) is 22.3 Å². The van der Waals surface area contributed by atoms with Crippen LogP contribution in [0.25, 0.3) is 0 Å². The van der Waals surface area contributed by atoms with E-state index in [1.165, 1.54) is 24.3 Å². The molecule has 0 atom stereocenters. The summed E-state index contributed by atoms with van der Waals surface area (Å²) in [5, 5.41) is 9.10. The number of carbonyl (C=O) groups is 1. The first-order valence-corrected chi connectivity index (χ1v) is 5.88. The lowest BCUT2D eigenvalue weighted by atomic mass is 10.3. The van der Waals surface area contributed by atoms with E-state index in [1.807, 2.05) is 0 Å². The highest BCUT2D eigenvalue weighted by Crippen LogP contribution is 2.26. The lowest BCUT2D eigenvalue weighted by molar-refractivity contribution is 0.101. The highest BCUT2D eigenvalue weighted by molar-refractivity contribution is 7.99. The Morgan fingerprint density at radius 2 is 2.00 bits per heavy atom. The van der Waals surface area contributed by atoms with Crippen LogP contribution < -0.4 is 11.1 Å². The lowest BCUT2D eigenvalue weighted by Gasteiger charge is -2.04. The standard InChI is InChI=1S/C10H8F2N4O2S/c11-10(12)19-6-3-1-5(2-4-6)14-9(17)7-8(13)16-18-15-7/h1-4,10H,(H2,13,16)(H,14,17). The average molecular weight is 286 g/mol. The second-order valence-corrected chi connectivity index (χ2v) is 4.42. The van der Waals surface area contributed by atoms with Crippen LogP contribution in [0.2, 0.25) is 0 Å². The minimum Gasteiger partial charge on any atom is -0.379 e. The second-order valence-electron chi connectivity index (χ2n) is 3.36. The van der Waals surface area contributed by atoms with E-state index in [9.17, 15) is 13.6 Å². The maximum absolute atomic E-state index is 12.1. The van der Waals surface area contributed by atoms with Crippen LogP contribution in [-0.2, 0) is 0 Å². The Morgan fingerprint density at radius 3 is 2.53 bits per heavy atom. The monoisotopic (exact) mass is 286 g/mol. The highest BCUT2D eigenvalue weighted by atomic mass is 32.2. The third-order valence-electron chi connectivity index (χ3n) is 2.07. The van der Waals surface area contributed by atoms with Crippen LogP contribution in [0.3, 0.4) is 0 Å². The Hall–Kier alpha value is -2.16. The van der Waals surface area contributed by atoms with Gasteiger partial charge >= 0.3 is 0 Å². The van der Waals surface area contributed by atoms with Crippen molar-refractivity contribution in [3.63, 3.8) is 0 Å². The number of anilines is 2. The summed E-state index contributed by atoms with van der Waals surface area (Å²) < 4.78 is 28.5. The molecule has 0 saturated heterocycles. The minimum absolute atomic E-state index is 0.123. The molecule has 9 heteroatoms. The quantitative estimate of drug-likeness (QED) is 0.837. The number of nitrogen functional groups attached to an aromatic ring is 1. The van der Waals surface area contributed by atoms with Gasteiger partial charge in [0, 0.05) is 10.6 Å². The molecule has 3 N–H and O–H groups in total. The molecule has 1 amide bonds. The van der Waals surface area contributed by atoms with Crippen LogP contribution in [0, 0.1) is 0 Å². The van der Waals surface area contributed by atoms with Gasteiger partial charge in [0.25, 0.3) is 11.7 Å². The van der Waals surface area contributed by atoms with Gasteiger partial charge in [-0.05, 0) is 34.6 Å². The van der Waals surface area contributed by atoms with Gasteiger partial charge in [-0.3, -0.25) is 4.79 Å². The number of nitrogens with one attached hydrogen (secondary N) is 1. The predicted molar refractivity (Wildman–Crippen MR) is 65.0 cm³/mol. The summed E-state index contributed by atoms with van der Waals surface area (Å²) in [6.45, 7) is 0. The van der Waals surface area contributed by atoms with Crippen molar-refractivity contribution in [2.45, 2.75) is 10.7 Å². The van der Waals surface area contributed by atoms with Gasteiger partial charge in [-0.25, -0.2) is 4.63 Å². The fraction of sp³-hybridized carbons (Fsp3) is 0.100. The lowest BCUT2D eigenvalue weighted by Crippen LogP contribution is -2.14. The number of nitrogens with two attached hydrogens (primary N) is 1. The third-order valence-corrected chi connectivity index (χ3v) is 2.79. The van der Waals surface area contributed by atoms with Gasteiger partial charge in [-0.2, -0.15) is 8.78 Å². The van der Waals surface area contributed by atoms with E-state index < -0.39 is 11.7 Å². The number of benzene rings is 1. The van der Waals surface area contributed by atoms with Gasteiger partial charge in [0.1, 0.15) is 0 Å². The molecule has 0 aliphatic rings. The SMILES string of the molecule is Nc1nonc1C(=O)Nc1ccc(SC(F)F)cc1.